The molecule has 0 aliphatic carbocycles. The van der Waals surface area contributed by atoms with Crippen LogP contribution in [0.15, 0.2) is 45.8 Å². The van der Waals surface area contributed by atoms with Crippen molar-refractivity contribution >= 4 is 31.9 Å². The Kier molecular flexibility index (Phi) is 5.83. The molecule has 0 unspecified atom stereocenters. The highest BCUT2D eigenvalue weighted by atomic mass is 79.9. The molecule has 1 heterocycles. The molecule has 2 aromatic carbocycles. The summed E-state index contributed by atoms with van der Waals surface area (Å²) in [4.78, 5) is 11.8. The monoisotopic (exact) mass is 456 g/mol. The van der Waals surface area contributed by atoms with E-state index in [9.17, 15) is 17.6 Å². The number of carbonyl (C=O) groups is 1. The Morgan fingerprint density at radius 2 is 1.89 bits per heavy atom. The number of hydrogen-bond donors (Lipinski definition) is 1. The molecule has 0 bridgehead atoms. The van der Waals surface area contributed by atoms with Crippen LogP contribution in [-0.2, 0) is 16.6 Å². The van der Waals surface area contributed by atoms with E-state index < -0.39 is 21.7 Å². The topological polar surface area (TPSA) is 89.7 Å². The van der Waals surface area contributed by atoms with Crippen molar-refractivity contribution in [1.82, 2.24) is 4.31 Å². The van der Waals surface area contributed by atoms with Gasteiger partial charge in [-0.15, -0.1) is 0 Å². The summed E-state index contributed by atoms with van der Waals surface area (Å²) in [6.45, 7) is 0.780. The van der Waals surface area contributed by atoms with E-state index in [4.69, 9.17) is 10.5 Å². The Balaban J connectivity index is 1.87. The van der Waals surface area contributed by atoms with Crippen LogP contribution < -0.4 is 10.5 Å². The number of nitrogens with two attached hydrogens (primary N) is 1. The molecule has 9 heteroatoms. The van der Waals surface area contributed by atoms with Crippen molar-refractivity contribution in [3.8, 4) is 5.75 Å². The summed E-state index contributed by atoms with van der Waals surface area (Å²) in [5, 5.41) is 0. The quantitative estimate of drug-likeness (QED) is 0.722. The van der Waals surface area contributed by atoms with Crippen LogP contribution in [0.5, 0.6) is 5.75 Å². The molecule has 0 saturated carbocycles. The third kappa shape index (κ3) is 4.31. The lowest BCUT2D eigenvalue weighted by atomic mass is 10.2. The number of benzene rings is 2. The fraction of sp³-hybridized carbons (Fsp3) is 0.278. The Bertz CT molecular complexity index is 975. The standard InChI is InChI=1S/C18H18BrFN2O4S/c19-13-4-3-12(16(20)9-13)11-26-17-6-5-14(10-15(17)18(21)23)27(24,25)22-7-1-2-8-22/h3-6,9-10H,1-2,7-8,11H2,(H2,21,23). The second-order valence-corrected chi connectivity index (χ2v) is 9.01. The van der Waals surface area contributed by atoms with E-state index in [2.05, 4.69) is 15.9 Å². The van der Waals surface area contributed by atoms with Crippen LogP contribution in [0, 0.1) is 5.82 Å². The zero-order valence-electron chi connectivity index (χ0n) is 14.3. The van der Waals surface area contributed by atoms with Crippen LogP contribution in [0.4, 0.5) is 4.39 Å². The van der Waals surface area contributed by atoms with Crippen LogP contribution in [0.25, 0.3) is 0 Å². The molecule has 27 heavy (non-hydrogen) atoms. The number of hydrogen-bond acceptors (Lipinski definition) is 4. The van der Waals surface area contributed by atoms with Crippen LogP contribution in [0.3, 0.4) is 0 Å². The summed E-state index contributed by atoms with van der Waals surface area (Å²) in [6.07, 6.45) is 1.61. The van der Waals surface area contributed by atoms with Gasteiger partial charge in [-0.1, -0.05) is 22.0 Å². The fourth-order valence-corrected chi connectivity index (χ4v) is 4.74. The lowest BCUT2D eigenvalue weighted by Crippen LogP contribution is -2.28. The molecule has 144 valence electrons. The van der Waals surface area contributed by atoms with Gasteiger partial charge in [0.1, 0.15) is 18.2 Å². The second kappa shape index (κ2) is 7.95. The van der Waals surface area contributed by atoms with Gasteiger partial charge in [-0.3, -0.25) is 4.79 Å². The van der Waals surface area contributed by atoms with E-state index in [1.165, 1.54) is 28.6 Å². The SMILES string of the molecule is NC(=O)c1cc(S(=O)(=O)N2CCCC2)ccc1OCc1ccc(Br)cc1F. The van der Waals surface area contributed by atoms with Gasteiger partial charge < -0.3 is 10.5 Å². The first-order chi connectivity index (χ1) is 12.8. The van der Waals surface area contributed by atoms with E-state index in [0.717, 1.165) is 12.8 Å². The van der Waals surface area contributed by atoms with Gasteiger partial charge in [0.15, 0.2) is 0 Å². The molecule has 2 aromatic rings. The van der Waals surface area contributed by atoms with Crippen molar-refractivity contribution in [3.05, 3.63) is 57.8 Å². The average Bonchev–Trinajstić information content (AvgIpc) is 3.16. The molecule has 3 rings (SSSR count). The molecule has 1 amide bonds. The number of sulfonamides is 1. The van der Waals surface area contributed by atoms with Gasteiger partial charge in [-0.2, -0.15) is 4.31 Å². The largest absolute Gasteiger partial charge is 0.488 e. The lowest BCUT2D eigenvalue weighted by molar-refractivity contribution is 0.0995. The first kappa shape index (κ1) is 19.8. The predicted molar refractivity (Wildman–Crippen MR) is 101 cm³/mol. The molecular formula is C18H18BrFN2O4S. The summed E-state index contributed by atoms with van der Waals surface area (Å²) >= 11 is 3.17. The Morgan fingerprint density at radius 1 is 1.19 bits per heavy atom. The van der Waals surface area contributed by atoms with Crippen LogP contribution in [0.1, 0.15) is 28.8 Å². The molecular weight excluding hydrogens is 439 g/mol. The van der Waals surface area contributed by atoms with Gasteiger partial charge in [0.25, 0.3) is 5.91 Å². The van der Waals surface area contributed by atoms with Gasteiger partial charge in [0.2, 0.25) is 10.0 Å². The van der Waals surface area contributed by atoms with Crippen molar-refractivity contribution in [2.45, 2.75) is 24.3 Å². The maximum absolute atomic E-state index is 13.9. The molecule has 1 aliphatic rings. The fourth-order valence-electron chi connectivity index (χ4n) is 2.86. The van der Waals surface area contributed by atoms with E-state index in [1.54, 1.807) is 12.1 Å². The molecule has 0 radical (unpaired) electrons. The molecule has 0 atom stereocenters. The summed E-state index contributed by atoms with van der Waals surface area (Å²) in [5.41, 5.74) is 5.62. The van der Waals surface area contributed by atoms with Gasteiger partial charge in [0, 0.05) is 23.1 Å². The van der Waals surface area contributed by atoms with Gasteiger partial charge in [-0.25, -0.2) is 12.8 Å². The molecule has 6 nitrogen and oxygen atoms in total. The van der Waals surface area contributed by atoms with Crippen molar-refractivity contribution < 1.29 is 22.3 Å². The number of primary amides is 1. The number of rotatable bonds is 6. The van der Waals surface area contributed by atoms with E-state index in [-0.39, 0.29) is 22.8 Å². The van der Waals surface area contributed by atoms with E-state index in [1.807, 2.05) is 0 Å². The van der Waals surface area contributed by atoms with Gasteiger partial charge in [0.05, 0.1) is 10.5 Å². The molecule has 1 saturated heterocycles. The van der Waals surface area contributed by atoms with Crippen molar-refractivity contribution in [3.63, 3.8) is 0 Å². The van der Waals surface area contributed by atoms with Crippen LogP contribution in [-0.4, -0.2) is 31.7 Å². The molecule has 1 fully saturated rings. The summed E-state index contributed by atoms with van der Waals surface area (Å²) in [6, 6.07) is 8.48. The van der Waals surface area contributed by atoms with Crippen LogP contribution >= 0.6 is 15.9 Å². The van der Waals surface area contributed by atoms with E-state index in [0.29, 0.717) is 23.1 Å². The predicted octanol–water partition coefficient (Wildman–Crippen LogP) is 3.05. The zero-order chi connectivity index (χ0) is 19.6. The third-order valence-corrected chi connectivity index (χ3v) is 6.71. The first-order valence-corrected chi connectivity index (χ1v) is 10.5. The highest BCUT2D eigenvalue weighted by Gasteiger charge is 2.28. The molecule has 2 N–H and O–H groups in total. The normalized spacial score (nSPS) is 15.0. The van der Waals surface area contributed by atoms with Crippen molar-refractivity contribution in [2.75, 3.05) is 13.1 Å². The highest BCUT2D eigenvalue weighted by Crippen LogP contribution is 2.27. The maximum atomic E-state index is 13.9. The Hall–Kier alpha value is -1.97. The summed E-state index contributed by atoms with van der Waals surface area (Å²) < 4.78 is 46.7. The minimum Gasteiger partial charge on any atom is -0.488 e. The van der Waals surface area contributed by atoms with Crippen molar-refractivity contribution in [2.24, 2.45) is 5.73 Å². The minimum absolute atomic E-state index is 0.0135. The maximum Gasteiger partial charge on any atom is 0.252 e. The average molecular weight is 457 g/mol. The number of halogens is 2. The second-order valence-electron chi connectivity index (χ2n) is 6.16. The highest BCUT2D eigenvalue weighted by molar-refractivity contribution is 9.10. The van der Waals surface area contributed by atoms with E-state index >= 15 is 0 Å². The summed E-state index contributed by atoms with van der Waals surface area (Å²) in [5.74, 6) is -1.18. The third-order valence-electron chi connectivity index (χ3n) is 4.32. The smallest absolute Gasteiger partial charge is 0.252 e. The van der Waals surface area contributed by atoms with Gasteiger partial charge in [-0.05, 0) is 43.2 Å². The molecule has 0 spiro atoms. The summed E-state index contributed by atoms with van der Waals surface area (Å²) in [7, 11) is -3.69. The number of amides is 1. The Morgan fingerprint density at radius 3 is 2.52 bits per heavy atom. The first-order valence-electron chi connectivity index (χ1n) is 8.30. The number of nitrogens with zero attached hydrogens (tertiary/aromatic N) is 1. The number of ether oxygens (including phenoxy) is 1. The number of carbonyl (C=O) groups excluding carboxylic acids is 1. The Labute approximate surface area is 165 Å². The molecule has 0 aromatic heterocycles. The van der Waals surface area contributed by atoms with Crippen LogP contribution in [0.2, 0.25) is 0 Å². The zero-order valence-corrected chi connectivity index (χ0v) is 16.7. The van der Waals surface area contributed by atoms with Gasteiger partial charge >= 0.3 is 0 Å². The molecule has 1 aliphatic heterocycles. The lowest BCUT2D eigenvalue weighted by Gasteiger charge is -2.17. The minimum atomic E-state index is -3.69. The van der Waals surface area contributed by atoms with Crippen molar-refractivity contribution in [1.29, 1.82) is 0 Å².